The number of rotatable bonds is 4. The first-order valence-corrected chi connectivity index (χ1v) is 6.68. The van der Waals surface area contributed by atoms with Crippen LogP contribution in [0.5, 0.6) is 0 Å². The summed E-state index contributed by atoms with van der Waals surface area (Å²) in [5, 5.41) is 0. The minimum atomic E-state index is 0.681. The van der Waals surface area contributed by atoms with Gasteiger partial charge in [-0.25, -0.2) is 0 Å². The van der Waals surface area contributed by atoms with Gasteiger partial charge in [0.15, 0.2) is 0 Å². The van der Waals surface area contributed by atoms with E-state index in [1.54, 1.807) is 5.57 Å². The van der Waals surface area contributed by atoms with E-state index in [2.05, 4.69) is 18.2 Å². The summed E-state index contributed by atoms with van der Waals surface area (Å²) in [6, 6.07) is 4.38. The molecule has 2 fully saturated rings. The van der Waals surface area contributed by atoms with Gasteiger partial charge < -0.3 is 5.73 Å². The molecule has 0 unspecified atom stereocenters. The molecule has 15 heavy (non-hydrogen) atoms. The lowest BCUT2D eigenvalue weighted by atomic mass is 10.1. The maximum atomic E-state index is 5.63. The zero-order valence-corrected chi connectivity index (χ0v) is 9.72. The van der Waals surface area contributed by atoms with Crippen molar-refractivity contribution in [2.75, 3.05) is 0 Å². The fraction of sp³-hybridized carbons (Fsp3) is 0.538. The van der Waals surface area contributed by atoms with E-state index in [-0.39, 0.29) is 0 Å². The second-order valence-electron chi connectivity index (χ2n) is 4.70. The van der Waals surface area contributed by atoms with Crippen LogP contribution in [0.15, 0.2) is 17.7 Å². The van der Waals surface area contributed by atoms with Gasteiger partial charge in [-0.1, -0.05) is 5.57 Å². The van der Waals surface area contributed by atoms with Crippen molar-refractivity contribution >= 4 is 17.4 Å². The predicted octanol–water partition coefficient (Wildman–Crippen LogP) is 3.41. The lowest BCUT2D eigenvalue weighted by molar-refractivity contribution is 0.868. The number of hydrogen-bond acceptors (Lipinski definition) is 2. The highest BCUT2D eigenvalue weighted by molar-refractivity contribution is 7.12. The summed E-state index contributed by atoms with van der Waals surface area (Å²) in [5.41, 5.74) is 7.36. The number of hydrogen-bond donors (Lipinski definition) is 1. The van der Waals surface area contributed by atoms with E-state index in [0.717, 1.165) is 11.8 Å². The summed E-state index contributed by atoms with van der Waals surface area (Å²) in [5.74, 6) is 1.86. The molecule has 0 bridgehead atoms. The van der Waals surface area contributed by atoms with Gasteiger partial charge in [0.25, 0.3) is 0 Å². The molecule has 2 N–H and O–H groups in total. The van der Waals surface area contributed by atoms with E-state index >= 15 is 0 Å². The van der Waals surface area contributed by atoms with Gasteiger partial charge in [-0.2, -0.15) is 0 Å². The molecule has 2 saturated carbocycles. The van der Waals surface area contributed by atoms with Crippen LogP contribution in [-0.4, -0.2) is 0 Å². The molecule has 2 aliphatic carbocycles. The predicted molar refractivity (Wildman–Crippen MR) is 65.6 cm³/mol. The van der Waals surface area contributed by atoms with Gasteiger partial charge in [-0.3, -0.25) is 0 Å². The van der Waals surface area contributed by atoms with Gasteiger partial charge in [0.05, 0.1) is 0 Å². The van der Waals surface area contributed by atoms with Crippen LogP contribution in [0.25, 0.3) is 6.08 Å². The highest BCUT2D eigenvalue weighted by Crippen LogP contribution is 2.49. The molecule has 1 nitrogen and oxygen atoms in total. The third-order valence-corrected chi connectivity index (χ3v) is 4.34. The Morgan fingerprint density at radius 3 is 2.40 bits per heavy atom. The van der Waals surface area contributed by atoms with Gasteiger partial charge in [-0.05, 0) is 55.7 Å². The molecule has 3 rings (SSSR count). The van der Waals surface area contributed by atoms with Crippen LogP contribution in [0.2, 0.25) is 0 Å². The van der Waals surface area contributed by atoms with E-state index in [4.69, 9.17) is 5.73 Å². The lowest BCUT2D eigenvalue weighted by Crippen LogP contribution is -1.91. The Morgan fingerprint density at radius 1 is 1.27 bits per heavy atom. The Labute approximate surface area is 95.0 Å². The number of allylic oxidation sites excluding steroid dienone is 1. The van der Waals surface area contributed by atoms with Crippen LogP contribution in [0, 0.1) is 11.8 Å². The van der Waals surface area contributed by atoms with Crippen LogP contribution in [0.3, 0.4) is 0 Å². The smallest absolute Gasteiger partial charge is 0.0274 e. The van der Waals surface area contributed by atoms with Crippen molar-refractivity contribution in [2.45, 2.75) is 32.2 Å². The molecule has 2 aliphatic rings. The van der Waals surface area contributed by atoms with Crippen LogP contribution in [-0.2, 0) is 6.54 Å². The Kier molecular flexibility index (Phi) is 2.41. The maximum absolute atomic E-state index is 5.63. The molecule has 1 aromatic rings. The molecule has 0 amide bonds. The van der Waals surface area contributed by atoms with Gasteiger partial charge >= 0.3 is 0 Å². The standard InChI is InChI=1S/C13H17NS/c14-8-12-6-5-11(15-12)7-13(9-1-2-9)10-3-4-10/h5-7,9-10H,1-4,8,14H2. The van der Waals surface area contributed by atoms with Crippen molar-refractivity contribution in [1.82, 2.24) is 0 Å². The minimum Gasteiger partial charge on any atom is -0.326 e. The highest BCUT2D eigenvalue weighted by atomic mass is 32.1. The van der Waals surface area contributed by atoms with E-state index in [1.165, 1.54) is 35.4 Å². The average molecular weight is 219 g/mol. The van der Waals surface area contributed by atoms with Gasteiger partial charge in [0.1, 0.15) is 0 Å². The summed E-state index contributed by atoms with van der Waals surface area (Å²) in [7, 11) is 0. The average Bonchev–Trinajstić information content (AvgIpc) is 3.14. The largest absolute Gasteiger partial charge is 0.326 e. The monoisotopic (exact) mass is 219 g/mol. The van der Waals surface area contributed by atoms with Crippen molar-refractivity contribution in [2.24, 2.45) is 17.6 Å². The third kappa shape index (κ3) is 2.16. The molecule has 0 aliphatic heterocycles. The molecular formula is C13H17NS. The maximum Gasteiger partial charge on any atom is 0.0274 e. The van der Waals surface area contributed by atoms with Crippen molar-refractivity contribution < 1.29 is 0 Å². The van der Waals surface area contributed by atoms with Crippen molar-refractivity contribution in [3.8, 4) is 0 Å². The Bertz CT molecular complexity index is 369. The zero-order valence-electron chi connectivity index (χ0n) is 8.91. The molecule has 1 heterocycles. The Morgan fingerprint density at radius 2 is 1.93 bits per heavy atom. The van der Waals surface area contributed by atoms with Crippen LogP contribution >= 0.6 is 11.3 Å². The molecule has 0 atom stereocenters. The molecule has 2 heteroatoms. The second-order valence-corrected chi connectivity index (χ2v) is 5.90. The minimum absolute atomic E-state index is 0.681. The van der Waals surface area contributed by atoms with E-state index < -0.39 is 0 Å². The Hall–Kier alpha value is -0.600. The van der Waals surface area contributed by atoms with Gasteiger partial charge in [0.2, 0.25) is 0 Å². The van der Waals surface area contributed by atoms with E-state index in [9.17, 15) is 0 Å². The van der Waals surface area contributed by atoms with Crippen LogP contribution in [0.1, 0.15) is 35.4 Å². The molecule has 0 saturated heterocycles. The second kappa shape index (κ2) is 3.76. The molecule has 80 valence electrons. The number of thiophene rings is 1. The molecule has 1 aromatic heterocycles. The zero-order chi connectivity index (χ0) is 10.3. The summed E-state index contributed by atoms with van der Waals surface area (Å²) in [4.78, 5) is 2.71. The third-order valence-electron chi connectivity index (χ3n) is 3.29. The lowest BCUT2D eigenvalue weighted by Gasteiger charge is -2.01. The fourth-order valence-corrected chi connectivity index (χ4v) is 3.00. The Balaban J connectivity index is 1.82. The first kappa shape index (κ1) is 9.61. The number of nitrogens with two attached hydrogens (primary N) is 1. The van der Waals surface area contributed by atoms with Gasteiger partial charge in [-0.15, -0.1) is 11.3 Å². The van der Waals surface area contributed by atoms with Gasteiger partial charge in [0, 0.05) is 16.3 Å². The fourth-order valence-electron chi connectivity index (χ4n) is 2.15. The SMILES string of the molecule is NCc1ccc(C=C(C2CC2)C2CC2)s1. The van der Waals surface area contributed by atoms with E-state index in [1.807, 2.05) is 11.3 Å². The van der Waals surface area contributed by atoms with Crippen molar-refractivity contribution in [3.05, 3.63) is 27.5 Å². The van der Waals surface area contributed by atoms with Crippen LogP contribution in [0.4, 0.5) is 0 Å². The quantitative estimate of drug-likeness (QED) is 0.825. The normalized spacial score (nSPS) is 20.3. The topological polar surface area (TPSA) is 26.0 Å². The van der Waals surface area contributed by atoms with Crippen molar-refractivity contribution in [3.63, 3.8) is 0 Å². The first-order chi connectivity index (χ1) is 7.36. The van der Waals surface area contributed by atoms with E-state index in [0.29, 0.717) is 6.54 Å². The summed E-state index contributed by atoms with van der Waals surface area (Å²) in [6.45, 7) is 0.681. The first-order valence-electron chi connectivity index (χ1n) is 5.87. The molecule has 0 radical (unpaired) electrons. The molecular weight excluding hydrogens is 202 g/mol. The summed E-state index contributed by atoms with van der Waals surface area (Å²) >= 11 is 1.85. The molecule has 0 spiro atoms. The highest BCUT2D eigenvalue weighted by Gasteiger charge is 2.36. The van der Waals surface area contributed by atoms with Crippen LogP contribution < -0.4 is 5.73 Å². The van der Waals surface area contributed by atoms with Crippen molar-refractivity contribution in [1.29, 1.82) is 0 Å². The summed E-state index contributed by atoms with van der Waals surface area (Å²) < 4.78 is 0. The summed E-state index contributed by atoms with van der Waals surface area (Å²) in [6.07, 6.45) is 8.16. The molecule has 0 aromatic carbocycles.